The van der Waals surface area contributed by atoms with Crippen LogP contribution < -0.4 is 10.8 Å². The first-order valence-electron chi connectivity index (χ1n) is 12.2. The van der Waals surface area contributed by atoms with Crippen LogP contribution in [0, 0.1) is 5.92 Å². The normalized spacial score (nSPS) is 17.5. The lowest BCUT2D eigenvalue weighted by atomic mass is 9.95. The first-order valence-corrected chi connectivity index (χ1v) is 12.2. The summed E-state index contributed by atoms with van der Waals surface area (Å²) in [5.41, 5.74) is 3.46. The molecule has 3 unspecified atom stereocenters. The minimum Gasteiger partial charge on any atom is -0.394 e. The standard InChI is InChI=1S/C25H36N4O5/c1-2-3-4-8-17(14-23(31)28-34)24(32)27-22(25(33)29-12-7-9-19(29)16-30)13-18-15-26-21-11-6-5-10-20(18)21/h5-6,10-11,15,17,19,22,26,30,34H,2-4,7-9,12-14,16H2,1H3,(H,27,32)(H,28,31). The van der Waals surface area contributed by atoms with Crippen LogP contribution in [0.3, 0.4) is 0 Å². The highest BCUT2D eigenvalue weighted by molar-refractivity contribution is 5.92. The summed E-state index contributed by atoms with van der Waals surface area (Å²) < 4.78 is 0. The van der Waals surface area contributed by atoms with Gasteiger partial charge in [0, 0.05) is 42.4 Å². The molecule has 1 aliphatic rings. The molecule has 1 aliphatic heterocycles. The van der Waals surface area contributed by atoms with Gasteiger partial charge in [-0.3, -0.25) is 19.6 Å². The van der Waals surface area contributed by atoms with E-state index in [9.17, 15) is 19.5 Å². The lowest BCUT2D eigenvalue weighted by Gasteiger charge is -2.29. The van der Waals surface area contributed by atoms with E-state index in [2.05, 4.69) is 17.2 Å². The van der Waals surface area contributed by atoms with Crippen LogP contribution in [0.4, 0.5) is 0 Å². The van der Waals surface area contributed by atoms with Crippen molar-refractivity contribution in [2.24, 2.45) is 5.92 Å². The molecule has 1 aromatic heterocycles. The predicted octanol–water partition coefficient (Wildman–Crippen LogP) is 2.27. The Morgan fingerprint density at radius 1 is 1.24 bits per heavy atom. The number of hydroxylamine groups is 1. The van der Waals surface area contributed by atoms with Crippen LogP contribution in [-0.2, 0) is 20.8 Å². The summed E-state index contributed by atoms with van der Waals surface area (Å²) in [4.78, 5) is 43.5. The minimum atomic E-state index is -0.829. The molecule has 2 heterocycles. The van der Waals surface area contributed by atoms with Crippen molar-refractivity contribution in [2.45, 2.75) is 70.4 Å². The maximum absolute atomic E-state index is 13.5. The number of rotatable bonds is 12. The molecule has 1 saturated heterocycles. The van der Waals surface area contributed by atoms with Gasteiger partial charge in [-0.25, -0.2) is 5.48 Å². The Kier molecular flexibility index (Phi) is 9.47. The maximum atomic E-state index is 13.5. The molecule has 1 aromatic carbocycles. The average Bonchev–Trinajstić information content (AvgIpc) is 3.49. The Hall–Kier alpha value is -2.91. The van der Waals surface area contributed by atoms with E-state index in [-0.39, 0.29) is 37.3 Å². The van der Waals surface area contributed by atoms with Crippen LogP contribution in [-0.4, -0.2) is 63.2 Å². The van der Waals surface area contributed by atoms with Crippen LogP contribution in [0.15, 0.2) is 30.5 Å². The summed E-state index contributed by atoms with van der Waals surface area (Å²) in [7, 11) is 0. The van der Waals surface area contributed by atoms with Crippen molar-refractivity contribution in [3.8, 4) is 0 Å². The Balaban J connectivity index is 1.83. The molecule has 0 bridgehead atoms. The van der Waals surface area contributed by atoms with Gasteiger partial charge in [0.1, 0.15) is 6.04 Å². The zero-order valence-corrected chi connectivity index (χ0v) is 19.8. The molecule has 5 N–H and O–H groups in total. The Morgan fingerprint density at radius 3 is 2.76 bits per heavy atom. The average molecular weight is 473 g/mol. The molecule has 34 heavy (non-hydrogen) atoms. The number of fused-ring (bicyclic) bond motifs is 1. The number of carbonyl (C=O) groups excluding carboxylic acids is 3. The number of unbranched alkanes of at least 4 members (excludes halogenated alkanes) is 2. The predicted molar refractivity (Wildman–Crippen MR) is 128 cm³/mol. The number of amides is 3. The highest BCUT2D eigenvalue weighted by atomic mass is 16.5. The van der Waals surface area contributed by atoms with Gasteiger partial charge in [-0.1, -0.05) is 44.4 Å². The van der Waals surface area contributed by atoms with E-state index >= 15 is 0 Å². The summed E-state index contributed by atoms with van der Waals surface area (Å²) >= 11 is 0. The van der Waals surface area contributed by atoms with Gasteiger partial charge in [0.15, 0.2) is 0 Å². The zero-order chi connectivity index (χ0) is 24.5. The number of aromatic amines is 1. The van der Waals surface area contributed by atoms with Gasteiger partial charge in [0.25, 0.3) is 0 Å². The first kappa shape index (κ1) is 25.7. The van der Waals surface area contributed by atoms with Crippen LogP contribution in [0.25, 0.3) is 10.9 Å². The van der Waals surface area contributed by atoms with E-state index < -0.39 is 17.9 Å². The van der Waals surface area contributed by atoms with Gasteiger partial charge >= 0.3 is 0 Å². The lowest BCUT2D eigenvalue weighted by molar-refractivity contribution is -0.139. The number of hydrogen-bond acceptors (Lipinski definition) is 5. The van der Waals surface area contributed by atoms with E-state index in [1.807, 2.05) is 30.5 Å². The number of nitrogens with zero attached hydrogens (tertiary/aromatic N) is 1. The largest absolute Gasteiger partial charge is 0.394 e. The summed E-state index contributed by atoms with van der Waals surface area (Å²) in [6.07, 6.45) is 6.68. The van der Waals surface area contributed by atoms with Crippen LogP contribution in [0.5, 0.6) is 0 Å². The third-order valence-corrected chi connectivity index (χ3v) is 6.67. The molecule has 0 spiro atoms. The molecule has 3 amide bonds. The van der Waals surface area contributed by atoms with E-state index in [4.69, 9.17) is 5.21 Å². The van der Waals surface area contributed by atoms with Crippen molar-refractivity contribution in [1.82, 2.24) is 20.7 Å². The molecule has 0 radical (unpaired) electrons. The number of aliphatic hydroxyl groups excluding tert-OH is 1. The van der Waals surface area contributed by atoms with Gasteiger partial charge in [0.05, 0.1) is 12.6 Å². The summed E-state index contributed by atoms with van der Waals surface area (Å²) in [6, 6.07) is 6.69. The Labute approximate surface area is 199 Å². The second-order valence-electron chi connectivity index (χ2n) is 9.07. The van der Waals surface area contributed by atoms with Crippen molar-refractivity contribution in [3.63, 3.8) is 0 Å². The van der Waals surface area contributed by atoms with Gasteiger partial charge in [-0.15, -0.1) is 0 Å². The van der Waals surface area contributed by atoms with Crippen molar-refractivity contribution < 1.29 is 24.7 Å². The van der Waals surface area contributed by atoms with Crippen LogP contribution >= 0.6 is 0 Å². The van der Waals surface area contributed by atoms with Crippen molar-refractivity contribution in [1.29, 1.82) is 0 Å². The Bertz CT molecular complexity index is 975. The second kappa shape index (κ2) is 12.5. The lowest BCUT2D eigenvalue weighted by Crippen LogP contribution is -2.53. The number of aliphatic hydroxyl groups is 1. The Morgan fingerprint density at radius 2 is 2.03 bits per heavy atom. The molecule has 9 nitrogen and oxygen atoms in total. The fourth-order valence-corrected chi connectivity index (χ4v) is 4.76. The van der Waals surface area contributed by atoms with E-state index in [0.29, 0.717) is 13.0 Å². The van der Waals surface area contributed by atoms with Gasteiger partial charge in [-0.05, 0) is 30.9 Å². The number of hydrogen-bond donors (Lipinski definition) is 5. The number of likely N-dealkylation sites (tertiary alicyclic amines) is 1. The molecule has 3 rings (SSSR count). The fourth-order valence-electron chi connectivity index (χ4n) is 4.76. The number of carbonyl (C=O) groups is 3. The first-order chi connectivity index (χ1) is 16.5. The molecule has 1 fully saturated rings. The van der Waals surface area contributed by atoms with Crippen LogP contribution in [0.2, 0.25) is 0 Å². The van der Waals surface area contributed by atoms with Gasteiger partial charge in [0.2, 0.25) is 17.7 Å². The third-order valence-electron chi connectivity index (χ3n) is 6.67. The highest BCUT2D eigenvalue weighted by Gasteiger charge is 2.35. The SMILES string of the molecule is CCCCCC(CC(=O)NO)C(=O)NC(Cc1c[nH]c2ccccc12)C(=O)N1CCCC1CO. The van der Waals surface area contributed by atoms with E-state index in [1.54, 1.807) is 10.4 Å². The second-order valence-corrected chi connectivity index (χ2v) is 9.07. The van der Waals surface area contributed by atoms with Crippen LogP contribution in [0.1, 0.15) is 57.4 Å². The van der Waals surface area contributed by atoms with E-state index in [0.717, 1.165) is 48.6 Å². The molecule has 0 aliphatic carbocycles. The number of benzene rings is 1. The van der Waals surface area contributed by atoms with Crippen molar-refractivity contribution in [2.75, 3.05) is 13.2 Å². The minimum absolute atomic E-state index is 0.115. The topological polar surface area (TPSA) is 135 Å². The maximum Gasteiger partial charge on any atom is 0.245 e. The molecular weight excluding hydrogens is 436 g/mol. The third kappa shape index (κ3) is 6.36. The molecular formula is C25H36N4O5. The molecule has 3 atom stereocenters. The molecule has 186 valence electrons. The van der Waals surface area contributed by atoms with Crippen molar-refractivity contribution in [3.05, 3.63) is 36.0 Å². The zero-order valence-electron chi connectivity index (χ0n) is 19.8. The number of para-hydroxylation sites is 1. The summed E-state index contributed by atoms with van der Waals surface area (Å²) in [5, 5.41) is 22.6. The number of nitrogens with one attached hydrogen (secondary N) is 3. The molecule has 9 heteroatoms. The summed E-state index contributed by atoms with van der Waals surface area (Å²) in [5.74, 6) is -1.88. The van der Waals surface area contributed by atoms with Gasteiger partial charge < -0.3 is 20.3 Å². The number of aromatic nitrogens is 1. The smallest absolute Gasteiger partial charge is 0.245 e. The summed E-state index contributed by atoms with van der Waals surface area (Å²) in [6.45, 7) is 2.48. The quantitative estimate of drug-likeness (QED) is 0.183. The van der Waals surface area contributed by atoms with E-state index in [1.165, 1.54) is 0 Å². The fraction of sp³-hybridized carbons (Fsp3) is 0.560. The number of H-pyrrole nitrogens is 1. The van der Waals surface area contributed by atoms with Gasteiger partial charge in [-0.2, -0.15) is 0 Å². The van der Waals surface area contributed by atoms with Crippen molar-refractivity contribution >= 4 is 28.6 Å². The molecule has 0 saturated carbocycles. The molecule has 2 aromatic rings. The highest BCUT2D eigenvalue weighted by Crippen LogP contribution is 2.23. The monoisotopic (exact) mass is 472 g/mol.